The molecule has 0 atom stereocenters. The molecule has 0 spiro atoms. The first-order valence-electron chi connectivity index (χ1n) is 7.94. The third-order valence-electron chi connectivity index (χ3n) is 3.92. The quantitative estimate of drug-likeness (QED) is 0.708. The van der Waals surface area contributed by atoms with Crippen LogP contribution in [-0.2, 0) is 10.0 Å². The first kappa shape index (κ1) is 17.8. The average Bonchev–Trinajstić information content (AvgIpc) is 2.68. The Kier molecular flexibility index (Phi) is 5.14. The van der Waals surface area contributed by atoms with Crippen molar-refractivity contribution in [3.63, 3.8) is 0 Å². The monoisotopic (exact) mass is 369 g/mol. The third-order valence-corrected chi connectivity index (χ3v) is 5.30. The van der Waals surface area contributed by atoms with Gasteiger partial charge in [0.1, 0.15) is 11.5 Å². The summed E-state index contributed by atoms with van der Waals surface area (Å²) in [5.74, 6) is 0.943. The van der Waals surface area contributed by atoms with Crippen molar-refractivity contribution in [2.24, 2.45) is 0 Å². The van der Waals surface area contributed by atoms with Crippen LogP contribution in [0.1, 0.15) is 0 Å². The SMILES string of the molecule is COc1ccc(OC)c(NS(=O)(=O)c2ccc(-c3ccccc3)cc2)c1. The molecule has 3 aromatic rings. The van der Waals surface area contributed by atoms with E-state index in [1.165, 1.54) is 14.2 Å². The smallest absolute Gasteiger partial charge is 0.262 e. The second-order valence-corrected chi connectivity index (χ2v) is 7.24. The van der Waals surface area contributed by atoms with Crippen LogP contribution in [0.15, 0.2) is 77.7 Å². The Morgan fingerprint density at radius 2 is 1.42 bits per heavy atom. The molecular weight excluding hydrogens is 350 g/mol. The van der Waals surface area contributed by atoms with Gasteiger partial charge in [0.25, 0.3) is 10.0 Å². The lowest BCUT2D eigenvalue weighted by atomic mass is 10.1. The van der Waals surface area contributed by atoms with Crippen LogP contribution < -0.4 is 14.2 Å². The van der Waals surface area contributed by atoms with Gasteiger partial charge in [0.15, 0.2) is 0 Å². The molecule has 0 bridgehead atoms. The Labute approximate surface area is 153 Å². The van der Waals surface area contributed by atoms with E-state index in [4.69, 9.17) is 9.47 Å². The molecule has 26 heavy (non-hydrogen) atoms. The Bertz CT molecular complexity index is 984. The van der Waals surface area contributed by atoms with E-state index >= 15 is 0 Å². The second-order valence-electron chi connectivity index (χ2n) is 5.56. The van der Waals surface area contributed by atoms with Crippen LogP contribution in [0.4, 0.5) is 5.69 Å². The van der Waals surface area contributed by atoms with Gasteiger partial charge < -0.3 is 9.47 Å². The van der Waals surface area contributed by atoms with E-state index in [2.05, 4.69) is 4.72 Å². The molecule has 0 aliphatic heterocycles. The molecular formula is C20H19NO4S. The highest BCUT2D eigenvalue weighted by molar-refractivity contribution is 7.92. The fraction of sp³-hybridized carbons (Fsp3) is 0.100. The molecule has 0 aromatic heterocycles. The number of ether oxygens (including phenoxy) is 2. The van der Waals surface area contributed by atoms with Crippen molar-refractivity contribution < 1.29 is 17.9 Å². The van der Waals surface area contributed by atoms with E-state index in [1.807, 2.05) is 30.3 Å². The highest BCUT2D eigenvalue weighted by atomic mass is 32.2. The standard InChI is InChI=1S/C20H19NO4S/c1-24-17-10-13-20(25-2)19(14-17)21-26(22,23)18-11-8-16(9-12-18)15-6-4-3-5-7-15/h3-14,21H,1-2H3. The van der Waals surface area contributed by atoms with E-state index in [9.17, 15) is 8.42 Å². The summed E-state index contributed by atoms with van der Waals surface area (Å²) in [6.07, 6.45) is 0. The largest absolute Gasteiger partial charge is 0.497 e. The fourth-order valence-electron chi connectivity index (χ4n) is 2.55. The van der Waals surface area contributed by atoms with Gasteiger partial charge in [-0.3, -0.25) is 4.72 Å². The van der Waals surface area contributed by atoms with Gasteiger partial charge in [-0.15, -0.1) is 0 Å². The molecule has 3 rings (SSSR count). The Morgan fingerprint density at radius 1 is 0.769 bits per heavy atom. The van der Waals surface area contributed by atoms with E-state index < -0.39 is 10.0 Å². The number of nitrogens with one attached hydrogen (secondary N) is 1. The third kappa shape index (κ3) is 3.81. The van der Waals surface area contributed by atoms with E-state index in [0.29, 0.717) is 17.2 Å². The normalized spacial score (nSPS) is 11.0. The summed E-state index contributed by atoms with van der Waals surface area (Å²) in [5.41, 5.74) is 2.29. The molecule has 0 heterocycles. The number of hydrogen-bond donors (Lipinski definition) is 1. The first-order valence-corrected chi connectivity index (χ1v) is 9.42. The molecule has 0 saturated heterocycles. The summed E-state index contributed by atoms with van der Waals surface area (Å²) < 4.78 is 38.3. The molecule has 5 nitrogen and oxygen atoms in total. The van der Waals surface area contributed by atoms with Gasteiger partial charge in [-0.2, -0.15) is 0 Å². The number of benzene rings is 3. The lowest BCUT2D eigenvalue weighted by Crippen LogP contribution is -2.13. The minimum absolute atomic E-state index is 0.169. The van der Waals surface area contributed by atoms with Crippen molar-refractivity contribution in [1.82, 2.24) is 0 Å². The minimum atomic E-state index is -3.76. The molecule has 0 fully saturated rings. The summed E-state index contributed by atoms with van der Waals surface area (Å²) >= 11 is 0. The highest BCUT2D eigenvalue weighted by Crippen LogP contribution is 2.31. The van der Waals surface area contributed by atoms with E-state index in [0.717, 1.165) is 11.1 Å². The molecule has 0 unspecified atom stereocenters. The lowest BCUT2D eigenvalue weighted by molar-refractivity contribution is 0.405. The van der Waals surface area contributed by atoms with Gasteiger partial charge >= 0.3 is 0 Å². The van der Waals surface area contributed by atoms with Gasteiger partial charge in [-0.25, -0.2) is 8.42 Å². The summed E-state index contributed by atoms with van der Waals surface area (Å²) in [7, 11) is -0.759. The van der Waals surface area contributed by atoms with Crippen molar-refractivity contribution in [1.29, 1.82) is 0 Å². The highest BCUT2D eigenvalue weighted by Gasteiger charge is 2.17. The van der Waals surface area contributed by atoms with Crippen molar-refractivity contribution in [3.8, 4) is 22.6 Å². The van der Waals surface area contributed by atoms with Crippen molar-refractivity contribution >= 4 is 15.7 Å². The number of sulfonamides is 1. The van der Waals surface area contributed by atoms with Crippen LogP contribution in [-0.4, -0.2) is 22.6 Å². The number of hydrogen-bond acceptors (Lipinski definition) is 4. The lowest BCUT2D eigenvalue weighted by Gasteiger charge is -2.13. The second kappa shape index (κ2) is 7.49. The van der Waals surface area contributed by atoms with Crippen LogP contribution >= 0.6 is 0 Å². The molecule has 0 aliphatic carbocycles. The molecule has 0 aliphatic rings. The van der Waals surface area contributed by atoms with Crippen LogP contribution in [0.2, 0.25) is 0 Å². The van der Waals surface area contributed by atoms with Gasteiger partial charge in [-0.1, -0.05) is 42.5 Å². The molecule has 0 amide bonds. The van der Waals surface area contributed by atoms with E-state index in [1.54, 1.807) is 42.5 Å². The first-order chi connectivity index (χ1) is 12.5. The molecule has 0 radical (unpaired) electrons. The maximum atomic E-state index is 12.7. The summed E-state index contributed by atoms with van der Waals surface area (Å²) in [6.45, 7) is 0. The van der Waals surface area contributed by atoms with Crippen LogP contribution in [0.5, 0.6) is 11.5 Å². The molecule has 0 saturated carbocycles. The van der Waals surface area contributed by atoms with Crippen molar-refractivity contribution in [3.05, 3.63) is 72.8 Å². The Balaban J connectivity index is 1.89. The van der Waals surface area contributed by atoms with Gasteiger partial charge in [0.05, 0.1) is 24.8 Å². The Morgan fingerprint density at radius 3 is 2.04 bits per heavy atom. The maximum Gasteiger partial charge on any atom is 0.262 e. The summed E-state index contributed by atoms with van der Waals surface area (Å²) in [5, 5.41) is 0. The number of rotatable bonds is 6. The summed E-state index contributed by atoms with van der Waals surface area (Å²) in [6, 6.07) is 21.4. The maximum absolute atomic E-state index is 12.7. The molecule has 1 N–H and O–H groups in total. The number of anilines is 1. The molecule has 3 aromatic carbocycles. The topological polar surface area (TPSA) is 64.6 Å². The van der Waals surface area contributed by atoms with E-state index in [-0.39, 0.29) is 4.90 Å². The summed E-state index contributed by atoms with van der Waals surface area (Å²) in [4.78, 5) is 0.169. The zero-order chi connectivity index (χ0) is 18.6. The number of methoxy groups -OCH3 is 2. The van der Waals surface area contributed by atoms with Crippen LogP contribution in [0.25, 0.3) is 11.1 Å². The molecule has 6 heteroatoms. The van der Waals surface area contributed by atoms with Crippen molar-refractivity contribution in [2.75, 3.05) is 18.9 Å². The fourth-order valence-corrected chi connectivity index (χ4v) is 3.62. The molecule has 134 valence electrons. The van der Waals surface area contributed by atoms with Gasteiger partial charge in [0, 0.05) is 6.07 Å². The van der Waals surface area contributed by atoms with Crippen LogP contribution in [0.3, 0.4) is 0 Å². The van der Waals surface area contributed by atoms with Gasteiger partial charge in [-0.05, 0) is 35.4 Å². The average molecular weight is 369 g/mol. The van der Waals surface area contributed by atoms with Gasteiger partial charge in [0.2, 0.25) is 0 Å². The predicted molar refractivity (Wildman–Crippen MR) is 102 cm³/mol. The van der Waals surface area contributed by atoms with Crippen LogP contribution in [0, 0.1) is 0 Å². The zero-order valence-electron chi connectivity index (χ0n) is 14.5. The minimum Gasteiger partial charge on any atom is -0.497 e. The zero-order valence-corrected chi connectivity index (χ0v) is 15.3. The van der Waals surface area contributed by atoms with Crippen molar-refractivity contribution in [2.45, 2.75) is 4.90 Å². The predicted octanol–water partition coefficient (Wildman–Crippen LogP) is 4.17. The Hall–Kier alpha value is -2.99.